The van der Waals surface area contributed by atoms with Crippen LogP contribution >= 0.6 is 11.6 Å². The van der Waals surface area contributed by atoms with E-state index in [1.165, 1.54) is 15.7 Å². The van der Waals surface area contributed by atoms with Gasteiger partial charge in [0.25, 0.3) is 5.91 Å². The Hall–Kier alpha value is -2.25. The van der Waals surface area contributed by atoms with Crippen molar-refractivity contribution in [1.82, 2.24) is 5.32 Å². The molecule has 2 aromatic rings. The number of carbonyl (C=O) groups excluding carboxylic acids is 1. The van der Waals surface area contributed by atoms with Crippen LogP contribution in [-0.4, -0.2) is 34.5 Å². The molecule has 126 valence electrons. The van der Waals surface area contributed by atoms with Gasteiger partial charge in [-0.05, 0) is 30.3 Å². The summed E-state index contributed by atoms with van der Waals surface area (Å²) in [6.07, 6.45) is 0. The van der Waals surface area contributed by atoms with Crippen LogP contribution in [0.3, 0.4) is 0 Å². The number of amides is 1. The van der Waals surface area contributed by atoms with Gasteiger partial charge in [-0.15, -0.1) is 0 Å². The van der Waals surface area contributed by atoms with Gasteiger partial charge in [0, 0.05) is 24.2 Å². The minimum Gasteiger partial charge on any atom is -0.350 e. The third-order valence-electron chi connectivity index (χ3n) is 3.80. The first-order valence-electron chi connectivity index (χ1n) is 7.30. The number of fused-ring (bicyclic) bond motifs is 1. The van der Waals surface area contributed by atoms with Gasteiger partial charge >= 0.3 is 10.2 Å². The number of carbonyl (C=O) groups is 1. The van der Waals surface area contributed by atoms with Crippen LogP contribution in [0.1, 0.15) is 10.4 Å². The predicted molar refractivity (Wildman–Crippen MR) is 94.9 cm³/mol. The standard InChI is InChI=1S/C16H16ClN3O3S/c1-19-14-7-2-3-8-15(14)20(24(19,22)23)10-9-18-16(21)12-5-4-6-13(17)11-12/h2-8,11H,9-10H2,1H3,(H,18,21). The Labute approximate surface area is 145 Å². The Morgan fingerprint density at radius 3 is 2.54 bits per heavy atom. The first-order valence-corrected chi connectivity index (χ1v) is 9.08. The highest BCUT2D eigenvalue weighted by Gasteiger charge is 2.37. The molecule has 0 unspecified atom stereocenters. The summed E-state index contributed by atoms with van der Waals surface area (Å²) in [5.41, 5.74) is 1.67. The molecule has 0 saturated heterocycles. The van der Waals surface area contributed by atoms with Crippen molar-refractivity contribution in [3.05, 3.63) is 59.1 Å². The number of nitrogens with one attached hydrogen (secondary N) is 1. The maximum Gasteiger partial charge on any atom is 0.326 e. The minimum atomic E-state index is -3.60. The average molecular weight is 366 g/mol. The van der Waals surface area contributed by atoms with Gasteiger partial charge in [0.2, 0.25) is 0 Å². The summed E-state index contributed by atoms with van der Waals surface area (Å²) in [6.45, 7) is 0.336. The minimum absolute atomic E-state index is 0.149. The highest BCUT2D eigenvalue weighted by atomic mass is 35.5. The van der Waals surface area contributed by atoms with Crippen molar-refractivity contribution in [2.24, 2.45) is 0 Å². The summed E-state index contributed by atoms with van der Waals surface area (Å²) in [7, 11) is -2.09. The van der Waals surface area contributed by atoms with Gasteiger partial charge in [0.05, 0.1) is 17.9 Å². The number of anilines is 2. The fourth-order valence-electron chi connectivity index (χ4n) is 2.58. The largest absolute Gasteiger partial charge is 0.350 e. The van der Waals surface area contributed by atoms with Gasteiger partial charge in [0.15, 0.2) is 0 Å². The van der Waals surface area contributed by atoms with Gasteiger partial charge < -0.3 is 5.32 Å². The van der Waals surface area contributed by atoms with Gasteiger partial charge in [-0.1, -0.05) is 29.8 Å². The number of hydrogen-bond donors (Lipinski definition) is 1. The van der Waals surface area contributed by atoms with Crippen LogP contribution < -0.4 is 13.9 Å². The summed E-state index contributed by atoms with van der Waals surface area (Å²) in [5, 5.41) is 3.19. The molecule has 0 radical (unpaired) electrons. The fraction of sp³-hybridized carbons (Fsp3) is 0.188. The highest BCUT2D eigenvalue weighted by molar-refractivity contribution is 7.94. The smallest absolute Gasteiger partial charge is 0.326 e. The second-order valence-electron chi connectivity index (χ2n) is 5.30. The van der Waals surface area contributed by atoms with Crippen LogP contribution in [0.2, 0.25) is 5.02 Å². The molecule has 1 N–H and O–H groups in total. The molecule has 0 saturated carbocycles. The molecule has 1 heterocycles. The van der Waals surface area contributed by atoms with Gasteiger partial charge in [-0.25, -0.2) is 4.31 Å². The first-order chi connectivity index (χ1) is 11.4. The monoisotopic (exact) mass is 365 g/mol. The van der Waals surface area contributed by atoms with E-state index in [-0.39, 0.29) is 19.0 Å². The first kappa shape index (κ1) is 16.6. The zero-order chi connectivity index (χ0) is 17.3. The second kappa shape index (κ2) is 6.33. The molecule has 6 nitrogen and oxygen atoms in total. The Morgan fingerprint density at radius 1 is 1.12 bits per heavy atom. The van der Waals surface area contributed by atoms with Crippen molar-refractivity contribution < 1.29 is 13.2 Å². The normalized spacial score (nSPS) is 15.2. The number of para-hydroxylation sites is 2. The van der Waals surface area contributed by atoms with E-state index in [0.29, 0.717) is 22.0 Å². The second-order valence-corrected chi connectivity index (χ2v) is 7.62. The van der Waals surface area contributed by atoms with Crippen LogP contribution in [0.25, 0.3) is 0 Å². The van der Waals surface area contributed by atoms with E-state index in [1.54, 1.807) is 48.5 Å². The summed E-state index contributed by atoms with van der Waals surface area (Å²) in [6, 6.07) is 13.6. The zero-order valence-electron chi connectivity index (χ0n) is 12.9. The van der Waals surface area contributed by atoms with Crippen LogP contribution in [0, 0.1) is 0 Å². The topological polar surface area (TPSA) is 69.7 Å². The molecular weight excluding hydrogens is 350 g/mol. The lowest BCUT2D eigenvalue weighted by molar-refractivity contribution is 0.0955. The van der Waals surface area contributed by atoms with E-state index in [2.05, 4.69) is 5.32 Å². The lowest BCUT2D eigenvalue weighted by atomic mass is 10.2. The Kier molecular flexibility index (Phi) is 4.38. The van der Waals surface area contributed by atoms with Crippen molar-refractivity contribution in [3.63, 3.8) is 0 Å². The zero-order valence-corrected chi connectivity index (χ0v) is 14.5. The van der Waals surface area contributed by atoms with E-state index in [4.69, 9.17) is 11.6 Å². The molecule has 8 heteroatoms. The summed E-state index contributed by atoms with van der Waals surface area (Å²) < 4.78 is 27.5. The maximum atomic E-state index is 12.5. The molecule has 0 spiro atoms. The van der Waals surface area contributed by atoms with Gasteiger partial charge in [0.1, 0.15) is 0 Å². The van der Waals surface area contributed by atoms with E-state index in [1.807, 2.05) is 0 Å². The Balaban J connectivity index is 1.70. The molecule has 3 rings (SSSR count). The average Bonchev–Trinajstić information content (AvgIpc) is 2.76. The number of rotatable bonds is 4. The van der Waals surface area contributed by atoms with Crippen molar-refractivity contribution >= 4 is 39.1 Å². The molecule has 1 aliphatic rings. The van der Waals surface area contributed by atoms with Crippen LogP contribution in [-0.2, 0) is 10.2 Å². The van der Waals surface area contributed by atoms with Crippen molar-refractivity contribution in [2.45, 2.75) is 0 Å². The van der Waals surface area contributed by atoms with E-state index in [0.717, 1.165) is 0 Å². The van der Waals surface area contributed by atoms with E-state index in [9.17, 15) is 13.2 Å². The molecule has 1 amide bonds. The molecule has 1 aliphatic heterocycles. The van der Waals surface area contributed by atoms with Crippen LogP contribution in [0.4, 0.5) is 11.4 Å². The third kappa shape index (κ3) is 2.92. The van der Waals surface area contributed by atoms with Crippen LogP contribution in [0.5, 0.6) is 0 Å². The summed E-state index contributed by atoms with van der Waals surface area (Å²) in [4.78, 5) is 12.1. The lowest BCUT2D eigenvalue weighted by Gasteiger charge is -2.19. The molecule has 0 bridgehead atoms. The molecule has 0 atom stereocenters. The number of benzene rings is 2. The van der Waals surface area contributed by atoms with Crippen molar-refractivity contribution in [1.29, 1.82) is 0 Å². The summed E-state index contributed by atoms with van der Waals surface area (Å²) in [5.74, 6) is -0.296. The van der Waals surface area contributed by atoms with E-state index < -0.39 is 10.2 Å². The number of halogens is 1. The molecule has 0 aromatic heterocycles. The van der Waals surface area contributed by atoms with Crippen LogP contribution in [0.15, 0.2) is 48.5 Å². The van der Waals surface area contributed by atoms with Crippen molar-refractivity contribution in [2.75, 3.05) is 28.7 Å². The fourth-order valence-corrected chi connectivity index (χ4v) is 4.19. The Morgan fingerprint density at radius 2 is 1.83 bits per heavy atom. The lowest BCUT2D eigenvalue weighted by Crippen LogP contribution is -2.40. The van der Waals surface area contributed by atoms with Gasteiger partial charge in [-0.2, -0.15) is 8.42 Å². The van der Waals surface area contributed by atoms with Crippen molar-refractivity contribution in [3.8, 4) is 0 Å². The molecular formula is C16H16ClN3O3S. The third-order valence-corrected chi connectivity index (χ3v) is 5.86. The molecule has 0 aliphatic carbocycles. The van der Waals surface area contributed by atoms with Gasteiger partial charge in [-0.3, -0.25) is 9.10 Å². The highest BCUT2D eigenvalue weighted by Crippen LogP contribution is 2.38. The number of nitrogens with zero attached hydrogens (tertiary/aromatic N) is 2. The molecule has 24 heavy (non-hydrogen) atoms. The SMILES string of the molecule is CN1c2ccccc2N(CCNC(=O)c2cccc(Cl)c2)S1(=O)=O. The molecule has 2 aromatic carbocycles. The summed E-state index contributed by atoms with van der Waals surface area (Å²) >= 11 is 5.86. The Bertz CT molecular complexity index is 886. The molecule has 0 fully saturated rings. The predicted octanol–water partition coefficient (Wildman–Crippen LogP) is 2.27. The van der Waals surface area contributed by atoms with E-state index >= 15 is 0 Å². The number of hydrogen-bond acceptors (Lipinski definition) is 3. The quantitative estimate of drug-likeness (QED) is 0.903. The maximum absolute atomic E-state index is 12.5.